The third kappa shape index (κ3) is 20.7. The quantitative estimate of drug-likeness (QED) is 0.0210. The number of ether oxygens (including phenoxy) is 2. The Morgan fingerprint density at radius 3 is 2.33 bits per heavy atom. The lowest BCUT2D eigenvalue weighted by atomic mass is 10.0. The number of unbranched alkanes of at least 4 members (excludes halogenated alkanes) is 14. The number of nitrogens with one attached hydrogen (secondary N) is 2. The average Bonchev–Trinajstić information content (AvgIpc) is 3.83. The van der Waals surface area contributed by atoms with Crippen LogP contribution in [0.4, 0.5) is 4.39 Å². The molecule has 5 N–H and O–H groups in total. The van der Waals surface area contributed by atoms with Crippen LogP contribution in [0.5, 0.6) is 0 Å². The Kier molecular flexibility index (Phi) is 25.7. The Bertz CT molecular complexity index is 1430. The van der Waals surface area contributed by atoms with E-state index in [4.69, 9.17) is 29.7 Å². The largest absolute Gasteiger partial charge is 0.382 e. The van der Waals surface area contributed by atoms with Gasteiger partial charge in [-0.15, -0.1) is 0 Å². The molecular weight excluding hydrogens is 716 g/mol. The van der Waals surface area contributed by atoms with Gasteiger partial charge in [0.25, 0.3) is 0 Å². The number of benzene rings is 1. The number of amidine groups is 1. The molecule has 308 valence electrons. The molecule has 3 unspecified atom stereocenters. The number of allylic oxidation sites excluding steroid dienone is 2. The molecule has 2 aromatic rings. The molecule has 10 nitrogen and oxygen atoms in total. The predicted molar refractivity (Wildman–Crippen MR) is 222 cm³/mol. The number of nitrogens with zero attached hydrogens (tertiary/aromatic N) is 2. The molecule has 0 spiro atoms. The first-order valence-electron chi connectivity index (χ1n) is 20.7. The maximum absolute atomic E-state index is 14.0. The van der Waals surface area contributed by atoms with Crippen molar-refractivity contribution < 1.29 is 27.8 Å². The van der Waals surface area contributed by atoms with E-state index in [0.29, 0.717) is 30.5 Å². The second-order valence-corrected chi connectivity index (χ2v) is 15.1. The van der Waals surface area contributed by atoms with Gasteiger partial charge in [-0.25, -0.2) is 9.38 Å². The molecule has 1 aliphatic rings. The highest BCUT2D eigenvalue weighted by molar-refractivity contribution is 7.40. The van der Waals surface area contributed by atoms with E-state index in [1.54, 1.807) is 19.1 Å². The minimum absolute atomic E-state index is 0.0984. The molecule has 55 heavy (non-hydrogen) atoms. The fourth-order valence-corrected chi connectivity index (χ4v) is 7.34. The number of aromatic nitrogens is 1. The summed E-state index contributed by atoms with van der Waals surface area (Å²) >= 11 is 0. The number of aromatic amines is 1. The number of H-pyrrole nitrogens is 1. The highest BCUT2D eigenvalue weighted by atomic mass is 31.2. The first-order valence-corrected chi connectivity index (χ1v) is 21.8. The van der Waals surface area contributed by atoms with Crippen LogP contribution in [0.1, 0.15) is 178 Å². The van der Waals surface area contributed by atoms with Crippen LogP contribution in [0.2, 0.25) is 0 Å². The molecule has 1 aromatic heterocycles. The van der Waals surface area contributed by atoms with E-state index < -0.39 is 20.2 Å². The van der Waals surface area contributed by atoms with Gasteiger partial charge in [-0.1, -0.05) is 110 Å². The van der Waals surface area contributed by atoms with Gasteiger partial charge < -0.3 is 29.6 Å². The molecule has 1 saturated heterocycles. The van der Waals surface area contributed by atoms with Crippen LogP contribution < -0.4 is 5.73 Å². The van der Waals surface area contributed by atoms with Crippen molar-refractivity contribution >= 4 is 20.8 Å². The molecular formula is C43H69FN5O5P. The van der Waals surface area contributed by atoms with E-state index in [0.717, 1.165) is 31.3 Å². The van der Waals surface area contributed by atoms with Crippen molar-refractivity contribution in [3.05, 3.63) is 70.8 Å². The van der Waals surface area contributed by atoms with Gasteiger partial charge in [0.05, 0.1) is 36.6 Å². The normalized spacial score (nSPS) is 18.2. The summed E-state index contributed by atoms with van der Waals surface area (Å²) in [5, 5.41) is 16.4. The molecule has 0 saturated carbocycles. The third-order valence-electron chi connectivity index (χ3n) is 9.54. The first kappa shape index (κ1) is 48.2. The van der Waals surface area contributed by atoms with Gasteiger partial charge in [0.2, 0.25) is 0 Å². The predicted octanol–water partition coefficient (Wildman–Crippen LogP) is 12.0. The number of halogens is 1. The van der Waals surface area contributed by atoms with E-state index in [1.165, 1.54) is 95.6 Å². The van der Waals surface area contributed by atoms with E-state index in [-0.39, 0.29) is 36.8 Å². The maximum Gasteiger partial charge on any atom is 0.332 e. The van der Waals surface area contributed by atoms with Crippen molar-refractivity contribution in [3.8, 4) is 6.07 Å². The number of aliphatic imine (C=N–C) groups is 1. The summed E-state index contributed by atoms with van der Waals surface area (Å²) in [4.78, 5) is 17.7. The zero-order chi connectivity index (χ0) is 40.2. The van der Waals surface area contributed by atoms with Crippen molar-refractivity contribution in [2.75, 3.05) is 6.61 Å². The fraction of sp³-hybridized carbons (Fsp3) is 0.651. The van der Waals surface area contributed by atoms with Gasteiger partial charge >= 0.3 is 8.60 Å². The van der Waals surface area contributed by atoms with Crippen molar-refractivity contribution in [2.24, 2.45) is 10.7 Å². The Morgan fingerprint density at radius 1 is 1.05 bits per heavy atom. The molecule has 0 amide bonds. The SMILES string of the molecule is CC.CCCCCCCC/C=C/CCCCCCCCCCC(COP(O)O[C@]1(C)CCC(c2ccc(C(N)=NC=N)[nH]2)O1)OCc1cc(F)cc(C#N)c1. The Labute approximate surface area is 332 Å². The molecule has 4 atom stereocenters. The van der Waals surface area contributed by atoms with Gasteiger partial charge in [-0.2, -0.15) is 5.26 Å². The second-order valence-electron chi connectivity index (χ2n) is 14.2. The van der Waals surface area contributed by atoms with Crippen LogP contribution in [-0.2, 0) is 25.1 Å². The molecule has 1 fully saturated rings. The lowest BCUT2D eigenvalue weighted by Gasteiger charge is -2.27. The number of hydrogen-bond acceptors (Lipinski definition) is 7. The fourth-order valence-electron chi connectivity index (χ4n) is 6.53. The summed E-state index contributed by atoms with van der Waals surface area (Å²) in [6, 6.07) is 9.80. The summed E-state index contributed by atoms with van der Waals surface area (Å²) in [7, 11) is -2.28. The summed E-state index contributed by atoms with van der Waals surface area (Å²) in [5.41, 5.74) is 8.08. The summed E-state index contributed by atoms with van der Waals surface area (Å²) in [6.45, 7) is 8.25. The average molecular weight is 786 g/mol. The van der Waals surface area contributed by atoms with E-state index in [2.05, 4.69) is 29.1 Å². The van der Waals surface area contributed by atoms with Gasteiger partial charge in [-0.05, 0) is 81.3 Å². The van der Waals surface area contributed by atoms with Crippen LogP contribution in [0.3, 0.4) is 0 Å². The molecule has 3 rings (SSSR count). The van der Waals surface area contributed by atoms with Crippen molar-refractivity contribution in [1.29, 1.82) is 10.7 Å². The number of nitriles is 1. The van der Waals surface area contributed by atoms with E-state index in [9.17, 15) is 14.5 Å². The first-order chi connectivity index (χ1) is 26.7. The smallest absolute Gasteiger partial charge is 0.332 e. The monoisotopic (exact) mass is 786 g/mol. The minimum atomic E-state index is -2.28. The Hall–Kier alpha value is -2.97. The number of hydrogen-bond donors (Lipinski definition) is 4. The van der Waals surface area contributed by atoms with Crippen molar-refractivity contribution in [1.82, 2.24) is 4.98 Å². The zero-order valence-electron chi connectivity index (χ0n) is 34.0. The van der Waals surface area contributed by atoms with Gasteiger partial charge in [0.1, 0.15) is 24.1 Å². The van der Waals surface area contributed by atoms with Crippen LogP contribution in [0.25, 0.3) is 0 Å². The molecule has 0 bridgehead atoms. The number of rotatable bonds is 29. The van der Waals surface area contributed by atoms with Crippen LogP contribution >= 0.6 is 8.60 Å². The number of nitrogens with two attached hydrogens (primary N) is 1. The van der Waals surface area contributed by atoms with Crippen LogP contribution in [0, 0.1) is 22.6 Å². The Morgan fingerprint density at radius 2 is 1.69 bits per heavy atom. The molecule has 0 aliphatic carbocycles. The molecule has 0 radical (unpaired) electrons. The van der Waals surface area contributed by atoms with Gasteiger partial charge in [-0.3, -0.25) is 9.93 Å². The standard InChI is InChI=1S/C41H63FN5O5P.C2H6/c1-3-4-5-6-7-8-9-10-11-12-13-14-15-16-17-18-19-20-21-36(49-30-34-26-33(29-43)27-35(42)28-34)31-50-53(48)52-41(2)25-24-39(51-41)37-22-23-38(47-37)40(45)46-32-44;1-2/h10-11,22-23,26-28,32,36,39,47-48H,3-9,12-21,24-25,30-31H2,1-2H3,(H3,44,45,46);1-2H3/b11-10+;/t36?,39?,41-,53?;/m1./s1. The highest BCUT2D eigenvalue weighted by Crippen LogP contribution is 2.48. The van der Waals surface area contributed by atoms with Gasteiger partial charge in [0.15, 0.2) is 5.79 Å². The zero-order valence-corrected chi connectivity index (χ0v) is 34.9. The third-order valence-corrected chi connectivity index (χ3v) is 10.5. The summed E-state index contributed by atoms with van der Waals surface area (Å²) < 4.78 is 38.0. The molecule has 2 heterocycles. The van der Waals surface area contributed by atoms with Crippen LogP contribution in [-0.4, -0.2) is 40.5 Å². The van der Waals surface area contributed by atoms with Gasteiger partial charge in [0, 0.05) is 12.1 Å². The van der Waals surface area contributed by atoms with Crippen LogP contribution in [0.15, 0.2) is 47.5 Å². The van der Waals surface area contributed by atoms with Crippen molar-refractivity contribution in [3.63, 3.8) is 0 Å². The lowest BCUT2D eigenvalue weighted by molar-refractivity contribution is -0.167. The maximum atomic E-state index is 14.0. The Balaban J connectivity index is 0.00000514. The summed E-state index contributed by atoms with van der Waals surface area (Å²) in [5.74, 6) is -1.33. The summed E-state index contributed by atoms with van der Waals surface area (Å²) in [6.07, 6.45) is 26.8. The van der Waals surface area contributed by atoms with E-state index >= 15 is 0 Å². The highest BCUT2D eigenvalue weighted by Gasteiger charge is 2.41. The molecule has 1 aromatic carbocycles. The second kappa shape index (κ2) is 29.3. The minimum Gasteiger partial charge on any atom is -0.382 e. The molecule has 1 aliphatic heterocycles. The van der Waals surface area contributed by atoms with Crippen molar-refractivity contribution in [2.45, 2.75) is 174 Å². The lowest BCUT2D eigenvalue weighted by Crippen LogP contribution is -2.26. The van der Waals surface area contributed by atoms with E-state index in [1.807, 2.05) is 26.0 Å². The topological polar surface area (TPSA) is 159 Å². The molecule has 12 heteroatoms.